The van der Waals surface area contributed by atoms with Gasteiger partial charge in [-0.1, -0.05) is 96.1 Å². The summed E-state index contributed by atoms with van der Waals surface area (Å²) in [6, 6.07) is 47.9. The molecule has 0 aliphatic rings. The fourth-order valence-corrected chi connectivity index (χ4v) is 7.34. The van der Waals surface area contributed by atoms with Crippen molar-refractivity contribution in [2.75, 3.05) is 9.80 Å². The van der Waals surface area contributed by atoms with Gasteiger partial charge in [-0.15, -0.1) is 0 Å². The van der Waals surface area contributed by atoms with E-state index in [1.165, 1.54) is 44.8 Å². The summed E-state index contributed by atoms with van der Waals surface area (Å²) in [6.45, 7) is 13.2. The molecule has 0 aliphatic carbocycles. The van der Waals surface area contributed by atoms with Gasteiger partial charge in [0.25, 0.3) is 0 Å². The van der Waals surface area contributed by atoms with Gasteiger partial charge in [0, 0.05) is 23.3 Å². The van der Waals surface area contributed by atoms with Crippen LogP contribution in [0.3, 0.4) is 0 Å². The van der Waals surface area contributed by atoms with Gasteiger partial charge in [0.05, 0.1) is 11.4 Å². The van der Waals surface area contributed by atoms with Crippen molar-refractivity contribution in [1.82, 2.24) is 9.97 Å². The smallest absolute Gasteiger partial charge is 0.140 e. The SMILES string of the molecule is Cc1cc(C)c(N(c2ccc(N(c3cc(-c4ccccc4)cc(-c4ccccc4)c3)c3ccncn3)cc2)c2c(C)cc(C)cc2C)c(C)c1. The Morgan fingerprint density at radius 3 is 1.26 bits per heavy atom. The van der Waals surface area contributed by atoms with Crippen LogP contribution in [0.5, 0.6) is 0 Å². The fraction of sp³-hybridized carbons (Fsp3) is 0.130. The van der Waals surface area contributed by atoms with Crippen molar-refractivity contribution in [2.24, 2.45) is 0 Å². The standard InChI is InChI=1S/C46H42N4/c1-31-23-33(3)45(34(4)24-31)50(46-35(5)25-32(2)26-36(46)6)42-19-17-41(18-20-42)49(44-21-22-47-30-48-44)43-28-39(37-13-9-7-10-14-37)27-40(29-43)38-15-11-8-12-16-38/h7-30H,1-6H3. The topological polar surface area (TPSA) is 32.3 Å². The summed E-state index contributed by atoms with van der Waals surface area (Å²) in [7, 11) is 0. The number of aryl methyl sites for hydroxylation is 6. The van der Waals surface area contributed by atoms with Crippen LogP contribution in [-0.4, -0.2) is 9.97 Å². The van der Waals surface area contributed by atoms with Gasteiger partial charge in [-0.05, 0) is 135 Å². The summed E-state index contributed by atoms with van der Waals surface area (Å²) in [4.78, 5) is 13.7. The van der Waals surface area contributed by atoms with Crippen molar-refractivity contribution >= 4 is 34.3 Å². The molecule has 0 radical (unpaired) electrons. The highest BCUT2D eigenvalue weighted by atomic mass is 15.2. The molecule has 7 rings (SSSR count). The van der Waals surface area contributed by atoms with E-state index in [1.54, 1.807) is 12.5 Å². The van der Waals surface area contributed by atoms with Crippen LogP contribution in [0.2, 0.25) is 0 Å². The monoisotopic (exact) mass is 650 g/mol. The molecule has 0 amide bonds. The number of anilines is 6. The summed E-state index contributed by atoms with van der Waals surface area (Å²) in [5.41, 5.74) is 17.7. The zero-order valence-corrected chi connectivity index (χ0v) is 29.6. The van der Waals surface area contributed by atoms with Crippen molar-refractivity contribution in [1.29, 1.82) is 0 Å². The molecule has 1 heterocycles. The van der Waals surface area contributed by atoms with Gasteiger partial charge < -0.3 is 4.90 Å². The number of benzene rings is 6. The highest BCUT2D eigenvalue weighted by Crippen LogP contribution is 2.44. The first kappa shape index (κ1) is 32.5. The van der Waals surface area contributed by atoms with Crippen LogP contribution < -0.4 is 9.80 Å². The molecule has 0 aliphatic heterocycles. The summed E-state index contributed by atoms with van der Waals surface area (Å²) >= 11 is 0. The maximum atomic E-state index is 4.76. The maximum absolute atomic E-state index is 4.76. The van der Waals surface area contributed by atoms with E-state index in [-0.39, 0.29) is 0 Å². The molecule has 0 bridgehead atoms. The first-order valence-electron chi connectivity index (χ1n) is 17.1. The lowest BCUT2D eigenvalue weighted by Gasteiger charge is -2.32. The van der Waals surface area contributed by atoms with Gasteiger partial charge in [0.15, 0.2) is 0 Å². The molecule has 6 aromatic carbocycles. The van der Waals surface area contributed by atoms with Crippen LogP contribution in [0.4, 0.5) is 34.3 Å². The number of hydrogen-bond donors (Lipinski definition) is 0. The van der Waals surface area contributed by atoms with Crippen LogP contribution in [-0.2, 0) is 0 Å². The van der Waals surface area contributed by atoms with E-state index in [0.29, 0.717) is 0 Å². The number of nitrogens with zero attached hydrogens (tertiary/aromatic N) is 4. The van der Waals surface area contributed by atoms with E-state index < -0.39 is 0 Å². The van der Waals surface area contributed by atoms with Gasteiger partial charge in [-0.25, -0.2) is 9.97 Å². The summed E-state index contributed by atoms with van der Waals surface area (Å²) < 4.78 is 0. The van der Waals surface area contributed by atoms with Gasteiger partial charge in [0.2, 0.25) is 0 Å². The molecule has 50 heavy (non-hydrogen) atoms. The van der Waals surface area contributed by atoms with Crippen LogP contribution in [0.25, 0.3) is 22.3 Å². The predicted octanol–water partition coefficient (Wildman–Crippen LogP) is 12.6. The van der Waals surface area contributed by atoms with Crippen molar-refractivity contribution < 1.29 is 0 Å². The van der Waals surface area contributed by atoms with Crippen molar-refractivity contribution in [2.45, 2.75) is 41.5 Å². The highest BCUT2D eigenvalue weighted by molar-refractivity contribution is 5.87. The Morgan fingerprint density at radius 1 is 0.400 bits per heavy atom. The minimum atomic E-state index is 0.796. The Kier molecular flexibility index (Phi) is 9.02. The number of aromatic nitrogens is 2. The van der Waals surface area contributed by atoms with Crippen molar-refractivity contribution in [3.63, 3.8) is 0 Å². The average Bonchev–Trinajstić information content (AvgIpc) is 3.12. The van der Waals surface area contributed by atoms with Crippen LogP contribution in [0.1, 0.15) is 33.4 Å². The van der Waals surface area contributed by atoms with Crippen LogP contribution in [0, 0.1) is 41.5 Å². The Labute approximate surface area is 296 Å². The van der Waals surface area contributed by atoms with E-state index in [2.05, 4.69) is 184 Å². The second kappa shape index (κ2) is 13.9. The molecular formula is C46H42N4. The molecule has 4 nitrogen and oxygen atoms in total. The molecule has 0 saturated carbocycles. The first-order valence-corrected chi connectivity index (χ1v) is 17.1. The third-order valence-electron chi connectivity index (χ3n) is 9.27. The first-order chi connectivity index (χ1) is 24.3. The minimum absolute atomic E-state index is 0.796. The largest absolute Gasteiger partial charge is 0.309 e. The quantitative estimate of drug-likeness (QED) is 0.164. The van der Waals surface area contributed by atoms with Gasteiger partial charge >= 0.3 is 0 Å². The summed E-state index contributed by atoms with van der Waals surface area (Å²) in [5.74, 6) is 0.796. The molecule has 4 heteroatoms. The van der Waals surface area contributed by atoms with Crippen molar-refractivity contribution in [3.05, 3.63) is 179 Å². The number of hydrogen-bond acceptors (Lipinski definition) is 4. The van der Waals surface area contributed by atoms with Gasteiger partial charge in [-0.3, -0.25) is 4.90 Å². The lowest BCUT2D eigenvalue weighted by Crippen LogP contribution is -2.16. The Morgan fingerprint density at radius 2 is 0.840 bits per heavy atom. The molecular weight excluding hydrogens is 609 g/mol. The number of rotatable bonds is 8. The zero-order chi connectivity index (χ0) is 34.8. The molecule has 0 saturated heterocycles. The molecule has 0 unspecified atom stereocenters. The molecule has 246 valence electrons. The van der Waals surface area contributed by atoms with Gasteiger partial charge in [-0.2, -0.15) is 0 Å². The maximum Gasteiger partial charge on any atom is 0.140 e. The summed E-state index contributed by atoms with van der Waals surface area (Å²) in [6.07, 6.45) is 3.42. The second-order valence-corrected chi connectivity index (χ2v) is 13.3. The van der Waals surface area contributed by atoms with Crippen LogP contribution >= 0.6 is 0 Å². The lowest BCUT2D eigenvalue weighted by atomic mass is 9.97. The molecule has 0 N–H and O–H groups in total. The van der Waals surface area contributed by atoms with E-state index >= 15 is 0 Å². The Balaban J connectivity index is 1.41. The Hall–Kier alpha value is -6.00. The van der Waals surface area contributed by atoms with E-state index in [0.717, 1.165) is 45.1 Å². The molecule has 1 aromatic heterocycles. The summed E-state index contributed by atoms with van der Waals surface area (Å²) in [5, 5.41) is 0. The van der Waals surface area contributed by atoms with Gasteiger partial charge in [0.1, 0.15) is 12.1 Å². The highest BCUT2D eigenvalue weighted by Gasteiger charge is 2.22. The fourth-order valence-electron chi connectivity index (χ4n) is 7.34. The predicted molar refractivity (Wildman–Crippen MR) is 211 cm³/mol. The second-order valence-electron chi connectivity index (χ2n) is 13.3. The van der Waals surface area contributed by atoms with Crippen LogP contribution in [0.15, 0.2) is 146 Å². The third-order valence-corrected chi connectivity index (χ3v) is 9.27. The molecule has 0 fully saturated rings. The van der Waals surface area contributed by atoms with E-state index in [4.69, 9.17) is 4.98 Å². The molecule has 0 atom stereocenters. The lowest BCUT2D eigenvalue weighted by molar-refractivity contribution is 1.11. The van der Waals surface area contributed by atoms with Crippen molar-refractivity contribution in [3.8, 4) is 22.3 Å². The van der Waals surface area contributed by atoms with E-state index in [1.807, 2.05) is 6.07 Å². The minimum Gasteiger partial charge on any atom is -0.309 e. The molecule has 0 spiro atoms. The molecule has 7 aromatic rings. The Bertz CT molecular complexity index is 2100. The third kappa shape index (κ3) is 6.53. The normalized spacial score (nSPS) is 11.0. The average molecular weight is 651 g/mol. The van der Waals surface area contributed by atoms with E-state index in [9.17, 15) is 0 Å². The zero-order valence-electron chi connectivity index (χ0n) is 29.6.